The van der Waals surface area contributed by atoms with Crippen LogP contribution in [0.25, 0.3) is 0 Å². The van der Waals surface area contributed by atoms with Crippen LogP contribution in [-0.4, -0.2) is 14.3 Å². The molecule has 17 heavy (non-hydrogen) atoms. The van der Waals surface area contributed by atoms with Gasteiger partial charge in [0.1, 0.15) is 0 Å². The third-order valence-electron chi connectivity index (χ3n) is 2.21. The second-order valence-corrected chi connectivity index (χ2v) is 7.59. The predicted molar refractivity (Wildman–Crippen MR) is 66.5 cm³/mol. The van der Waals surface area contributed by atoms with Crippen molar-refractivity contribution in [2.75, 3.05) is 5.32 Å². The third kappa shape index (κ3) is 2.11. The van der Waals surface area contributed by atoms with Gasteiger partial charge in [-0.25, -0.2) is 8.42 Å². The van der Waals surface area contributed by atoms with Crippen molar-refractivity contribution in [3.8, 4) is 0 Å². The zero-order valence-electron chi connectivity index (χ0n) is 7.80. The molecule has 2 rings (SSSR count). The molecule has 0 spiro atoms. The van der Waals surface area contributed by atoms with Crippen LogP contribution in [0.5, 0.6) is 0 Å². The summed E-state index contributed by atoms with van der Waals surface area (Å²) < 4.78 is 20.5. The van der Waals surface area contributed by atoms with Crippen LogP contribution in [0.2, 0.25) is 5.02 Å². The predicted octanol–water partition coefficient (Wildman–Crippen LogP) is 2.85. The molecule has 0 unspecified atom stereocenters. The highest BCUT2D eigenvalue weighted by atomic mass is 35.7. The first kappa shape index (κ1) is 13.2. The maximum atomic E-state index is 11.4. The van der Waals surface area contributed by atoms with E-state index in [4.69, 9.17) is 45.5 Å². The Kier molecular flexibility index (Phi) is 3.03. The molecule has 1 amide bonds. The normalized spacial score (nSPS) is 17.8. The highest BCUT2D eigenvalue weighted by Gasteiger charge is 2.45. The molecule has 1 aliphatic heterocycles. The summed E-state index contributed by atoms with van der Waals surface area (Å²) in [5.74, 6) is -0.693. The lowest BCUT2D eigenvalue weighted by Crippen LogP contribution is -2.21. The summed E-state index contributed by atoms with van der Waals surface area (Å²) in [6, 6.07) is 2.22. The molecule has 0 aromatic heterocycles. The molecular formula is C8H3Cl4NO3S. The first-order valence-electron chi connectivity index (χ1n) is 4.12. The number of carbonyl (C=O) groups excluding carboxylic acids is 1. The van der Waals surface area contributed by atoms with E-state index in [0.29, 0.717) is 0 Å². The highest BCUT2D eigenvalue weighted by Crippen LogP contribution is 2.48. The summed E-state index contributed by atoms with van der Waals surface area (Å²) >= 11 is 17.4. The van der Waals surface area contributed by atoms with Gasteiger partial charge in [0.25, 0.3) is 15.0 Å². The van der Waals surface area contributed by atoms with Crippen molar-refractivity contribution in [1.29, 1.82) is 0 Å². The fourth-order valence-corrected chi connectivity index (χ4v) is 2.92. The van der Waals surface area contributed by atoms with E-state index in [-0.39, 0.29) is 21.2 Å². The van der Waals surface area contributed by atoms with E-state index < -0.39 is 19.3 Å². The number of amides is 1. The summed E-state index contributed by atoms with van der Waals surface area (Å²) in [7, 11) is 1.20. The van der Waals surface area contributed by atoms with Gasteiger partial charge in [0.05, 0.1) is 15.6 Å². The van der Waals surface area contributed by atoms with Crippen LogP contribution >= 0.6 is 45.5 Å². The highest BCUT2D eigenvalue weighted by molar-refractivity contribution is 8.13. The number of rotatable bonds is 1. The molecule has 9 heteroatoms. The molecule has 1 aliphatic rings. The lowest BCUT2D eigenvalue weighted by atomic mass is 10.1. The summed E-state index contributed by atoms with van der Waals surface area (Å²) in [6.45, 7) is 0. The first-order chi connectivity index (χ1) is 7.64. The standard InChI is InChI=1S/C8H3Cl4NO3S/c9-5-2-3(17(12,15)16)1-4-6(5)13-7(14)8(4,10)11/h1-2H,(H,13,14). The molecule has 92 valence electrons. The Balaban J connectivity index is 2.76. The number of fused-ring (bicyclic) bond motifs is 1. The molecule has 1 aromatic carbocycles. The molecule has 1 aromatic rings. The fraction of sp³-hybridized carbons (Fsp3) is 0.125. The number of nitrogens with one attached hydrogen (secondary N) is 1. The quantitative estimate of drug-likeness (QED) is 0.634. The number of halogens is 4. The lowest BCUT2D eigenvalue weighted by molar-refractivity contribution is -0.116. The van der Waals surface area contributed by atoms with Gasteiger partial charge in [-0.2, -0.15) is 0 Å². The number of hydrogen-bond acceptors (Lipinski definition) is 3. The van der Waals surface area contributed by atoms with E-state index in [9.17, 15) is 13.2 Å². The Labute approximate surface area is 116 Å². The van der Waals surface area contributed by atoms with Gasteiger partial charge in [0.15, 0.2) is 0 Å². The van der Waals surface area contributed by atoms with Crippen molar-refractivity contribution in [3.63, 3.8) is 0 Å². The maximum absolute atomic E-state index is 11.4. The largest absolute Gasteiger partial charge is 0.321 e. The van der Waals surface area contributed by atoms with Crippen LogP contribution in [0.4, 0.5) is 5.69 Å². The van der Waals surface area contributed by atoms with Crippen LogP contribution < -0.4 is 5.32 Å². The van der Waals surface area contributed by atoms with Crippen molar-refractivity contribution < 1.29 is 13.2 Å². The molecule has 0 radical (unpaired) electrons. The van der Waals surface area contributed by atoms with Crippen LogP contribution in [-0.2, 0) is 18.2 Å². The van der Waals surface area contributed by atoms with Gasteiger partial charge in [-0.05, 0) is 12.1 Å². The molecule has 0 aliphatic carbocycles. The van der Waals surface area contributed by atoms with Crippen molar-refractivity contribution in [3.05, 3.63) is 22.7 Å². The molecule has 0 bridgehead atoms. The molecular weight excluding hydrogens is 332 g/mol. The Morgan fingerprint density at radius 3 is 2.35 bits per heavy atom. The van der Waals surface area contributed by atoms with Crippen molar-refractivity contribution in [2.24, 2.45) is 0 Å². The molecule has 4 nitrogen and oxygen atoms in total. The Morgan fingerprint density at radius 2 is 1.82 bits per heavy atom. The van der Waals surface area contributed by atoms with Crippen molar-refractivity contribution in [2.45, 2.75) is 9.23 Å². The lowest BCUT2D eigenvalue weighted by Gasteiger charge is -2.10. The van der Waals surface area contributed by atoms with Crippen LogP contribution in [0, 0.1) is 0 Å². The van der Waals surface area contributed by atoms with Crippen LogP contribution in [0.1, 0.15) is 5.56 Å². The summed E-state index contributed by atoms with van der Waals surface area (Å²) in [4.78, 5) is 11.2. The first-order valence-corrected chi connectivity index (χ1v) is 7.56. The van der Waals surface area contributed by atoms with E-state index in [1.54, 1.807) is 0 Å². The van der Waals surface area contributed by atoms with Gasteiger partial charge in [0, 0.05) is 16.2 Å². The molecule has 0 saturated heterocycles. The van der Waals surface area contributed by atoms with E-state index in [1.165, 1.54) is 0 Å². The van der Waals surface area contributed by atoms with Gasteiger partial charge in [-0.1, -0.05) is 34.8 Å². The monoisotopic (exact) mass is 333 g/mol. The maximum Gasteiger partial charge on any atom is 0.265 e. The van der Waals surface area contributed by atoms with Crippen LogP contribution in [0.15, 0.2) is 17.0 Å². The van der Waals surface area contributed by atoms with Crippen molar-refractivity contribution in [1.82, 2.24) is 0 Å². The summed E-state index contributed by atoms with van der Waals surface area (Å²) in [5, 5.41) is 2.36. The molecule has 1 N–H and O–H groups in total. The van der Waals surface area contributed by atoms with E-state index in [0.717, 1.165) is 12.1 Å². The molecule has 1 heterocycles. The van der Waals surface area contributed by atoms with Crippen LogP contribution in [0.3, 0.4) is 0 Å². The van der Waals surface area contributed by atoms with Gasteiger partial charge in [-0.15, -0.1) is 0 Å². The average Bonchev–Trinajstić information content (AvgIpc) is 2.39. The average molecular weight is 335 g/mol. The molecule has 0 atom stereocenters. The van der Waals surface area contributed by atoms with Crippen molar-refractivity contribution >= 4 is 66.1 Å². The molecule has 0 fully saturated rings. The second kappa shape index (κ2) is 3.90. The smallest absolute Gasteiger partial charge is 0.265 e. The minimum atomic E-state index is -3.98. The SMILES string of the molecule is O=C1Nc2c(Cl)cc(S(=O)(=O)Cl)cc2C1(Cl)Cl. The zero-order valence-corrected chi connectivity index (χ0v) is 11.6. The van der Waals surface area contributed by atoms with E-state index >= 15 is 0 Å². The van der Waals surface area contributed by atoms with E-state index in [2.05, 4.69) is 5.32 Å². The third-order valence-corrected chi connectivity index (χ3v) is 4.59. The minimum Gasteiger partial charge on any atom is -0.321 e. The number of alkyl halides is 2. The number of anilines is 1. The fourth-order valence-electron chi connectivity index (χ4n) is 1.41. The number of hydrogen-bond donors (Lipinski definition) is 1. The summed E-state index contributed by atoms with van der Waals surface area (Å²) in [5.41, 5.74) is 0.253. The minimum absolute atomic E-state index is 0.00162. The number of benzene rings is 1. The van der Waals surface area contributed by atoms with Gasteiger partial charge >= 0.3 is 0 Å². The van der Waals surface area contributed by atoms with Gasteiger partial charge < -0.3 is 5.32 Å². The van der Waals surface area contributed by atoms with E-state index in [1.807, 2.05) is 0 Å². The van der Waals surface area contributed by atoms with Gasteiger partial charge in [0.2, 0.25) is 4.33 Å². The molecule has 0 saturated carbocycles. The van der Waals surface area contributed by atoms with Gasteiger partial charge in [-0.3, -0.25) is 4.79 Å². The topological polar surface area (TPSA) is 63.2 Å². The Morgan fingerprint density at radius 1 is 1.24 bits per heavy atom. The summed E-state index contributed by atoms with van der Waals surface area (Å²) in [6.07, 6.45) is 0. The number of carbonyl (C=O) groups is 1. The zero-order chi connectivity index (χ0) is 13.0. The Hall–Kier alpha value is -0.200. The Bertz CT molecular complexity index is 626. The second-order valence-electron chi connectivity index (χ2n) is 3.29.